The van der Waals surface area contributed by atoms with E-state index in [9.17, 15) is 0 Å². The molecule has 94 valence electrons. The van der Waals surface area contributed by atoms with Crippen LogP contribution in [0.2, 0.25) is 0 Å². The molecule has 2 atom stereocenters. The average molecular weight is 300 g/mol. The number of ether oxygens (including phenoxy) is 2. The first-order valence-corrected chi connectivity index (χ1v) is 6.68. The second-order valence-corrected chi connectivity index (χ2v) is 5.14. The third-order valence-corrected chi connectivity index (χ3v) is 3.81. The van der Waals surface area contributed by atoms with E-state index in [0.717, 1.165) is 29.8 Å². The third-order valence-electron chi connectivity index (χ3n) is 3.18. The van der Waals surface area contributed by atoms with Crippen molar-refractivity contribution in [1.29, 1.82) is 0 Å². The number of benzene rings is 1. The molecule has 3 nitrogen and oxygen atoms in total. The van der Waals surface area contributed by atoms with Crippen molar-refractivity contribution in [1.82, 2.24) is 5.32 Å². The van der Waals surface area contributed by atoms with Crippen molar-refractivity contribution in [2.45, 2.75) is 32.0 Å². The molecule has 0 saturated carbocycles. The predicted octanol–water partition coefficient (Wildman–Crippen LogP) is 2.72. The second-order valence-electron chi connectivity index (χ2n) is 4.28. The van der Waals surface area contributed by atoms with Crippen LogP contribution in [-0.2, 0) is 11.3 Å². The van der Waals surface area contributed by atoms with Gasteiger partial charge < -0.3 is 14.8 Å². The molecule has 1 fully saturated rings. The Morgan fingerprint density at radius 1 is 1.53 bits per heavy atom. The van der Waals surface area contributed by atoms with Gasteiger partial charge in [-0.3, -0.25) is 0 Å². The molecule has 0 aromatic heterocycles. The topological polar surface area (TPSA) is 30.5 Å². The summed E-state index contributed by atoms with van der Waals surface area (Å²) in [7, 11) is 1.70. The lowest BCUT2D eigenvalue weighted by Gasteiger charge is -2.17. The molecule has 1 saturated heterocycles. The summed E-state index contributed by atoms with van der Waals surface area (Å²) in [5.74, 6) is 0.909. The van der Waals surface area contributed by atoms with E-state index in [1.807, 2.05) is 12.1 Å². The second kappa shape index (κ2) is 5.85. The van der Waals surface area contributed by atoms with E-state index in [-0.39, 0.29) is 0 Å². The van der Waals surface area contributed by atoms with Crippen LogP contribution in [0, 0.1) is 0 Å². The minimum absolute atomic E-state index is 0.299. The van der Waals surface area contributed by atoms with Crippen LogP contribution < -0.4 is 10.1 Å². The predicted molar refractivity (Wildman–Crippen MR) is 71.4 cm³/mol. The van der Waals surface area contributed by atoms with Crippen LogP contribution in [-0.4, -0.2) is 25.9 Å². The Labute approximate surface area is 111 Å². The fourth-order valence-electron chi connectivity index (χ4n) is 2.16. The van der Waals surface area contributed by atoms with Gasteiger partial charge in [-0.25, -0.2) is 0 Å². The zero-order valence-corrected chi connectivity index (χ0v) is 11.8. The molecule has 1 heterocycles. The Bertz CT molecular complexity index is 384. The maximum atomic E-state index is 5.53. The summed E-state index contributed by atoms with van der Waals surface area (Å²) >= 11 is 3.50. The summed E-state index contributed by atoms with van der Waals surface area (Å²) in [6, 6.07) is 6.54. The standard InChI is InChI=1S/C13H18BrNO2/c1-9-12(6-7-17-9)15-8-10-4-3-5-11(14)13(10)16-2/h3-5,9,12,15H,6-8H2,1-2H3. The molecule has 0 radical (unpaired) electrons. The average Bonchev–Trinajstić information content (AvgIpc) is 2.72. The minimum atomic E-state index is 0.299. The lowest BCUT2D eigenvalue weighted by molar-refractivity contribution is 0.113. The Hall–Kier alpha value is -0.580. The molecule has 4 heteroatoms. The van der Waals surface area contributed by atoms with Gasteiger partial charge in [0.2, 0.25) is 0 Å². The van der Waals surface area contributed by atoms with Gasteiger partial charge in [-0.2, -0.15) is 0 Å². The quantitative estimate of drug-likeness (QED) is 0.927. The highest BCUT2D eigenvalue weighted by Gasteiger charge is 2.23. The van der Waals surface area contributed by atoms with Gasteiger partial charge in [-0.05, 0) is 35.3 Å². The van der Waals surface area contributed by atoms with Crippen molar-refractivity contribution < 1.29 is 9.47 Å². The Balaban J connectivity index is 2.01. The maximum absolute atomic E-state index is 5.53. The van der Waals surface area contributed by atoms with Crippen LogP contribution in [0.4, 0.5) is 0 Å². The normalized spacial score (nSPS) is 23.9. The molecule has 2 rings (SSSR count). The first-order chi connectivity index (χ1) is 8.22. The highest BCUT2D eigenvalue weighted by molar-refractivity contribution is 9.10. The van der Waals surface area contributed by atoms with Crippen molar-refractivity contribution in [3.8, 4) is 5.75 Å². The van der Waals surface area contributed by atoms with Gasteiger partial charge in [0.15, 0.2) is 0 Å². The highest BCUT2D eigenvalue weighted by atomic mass is 79.9. The zero-order chi connectivity index (χ0) is 12.3. The number of halogens is 1. The fraction of sp³-hybridized carbons (Fsp3) is 0.538. The lowest BCUT2D eigenvalue weighted by atomic mass is 10.1. The smallest absolute Gasteiger partial charge is 0.137 e. The van der Waals surface area contributed by atoms with Crippen molar-refractivity contribution in [3.05, 3.63) is 28.2 Å². The van der Waals surface area contributed by atoms with Gasteiger partial charge in [-0.15, -0.1) is 0 Å². The van der Waals surface area contributed by atoms with Crippen LogP contribution >= 0.6 is 15.9 Å². The van der Waals surface area contributed by atoms with Crippen LogP contribution in [0.5, 0.6) is 5.75 Å². The van der Waals surface area contributed by atoms with E-state index in [4.69, 9.17) is 9.47 Å². The summed E-state index contributed by atoms with van der Waals surface area (Å²) in [6.07, 6.45) is 1.38. The van der Waals surface area contributed by atoms with Gasteiger partial charge in [0, 0.05) is 24.8 Å². The van der Waals surface area contributed by atoms with E-state index < -0.39 is 0 Å². The maximum Gasteiger partial charge on any atom is 0.137 e. The number of methoxy groups -OCH3 is 1. The Morgan fingerprint density at radius 2 is 2.35 bits per heavy atom. The van der Waals surface area contributed by atoms with E-state index in [2.05, 4.69) is 34.2 Å². The summed E-state index contributed by atoms with van der Waals surface area (Å²) in [5, 5.41) is 3.52. The molecule has 1 N–H and O–H groups in total. The number of nitrogens with one attached hydrogen (secondary N) is 1. The summed E-state index contributed by atoms with van der Waals surface area (Å²) in [6.45, 7) is 3.78. The summed E-state index contributed by atoms with van der Waals surface area (Å²) in [5.41, 5.74) is 1.17. The molecule has 0 spiro atoms. The van der Waals surface area contributed by atoms with Crippen LogP contribution in [0.1, 0.15) is 18.9 Å². The third kappa shape index (κ3) is 3.00. The van der Waals surface area contributed by atoms with Gasteiger partial charge in [0.05, 0.1) is 17.7 Å². The molecule has 17 heavy (non-hydrogen) atoms. The molecule has 1 aromatic carbocycles. The van der Waals surface area contributed by atoms with Gasteiger partial charge in [0.25, 0.3) is 0 Å². The number of para-hydroxylation sites is 1. The number of rotatable bonds is 4. The van der Waals surface area contributed by atoms with Crippen LogP contribution in [0.25, 0.3) is 0 Å². The monoisotopic (exact) mass is 299 g/mol. The molecule has 0 aliphatic carbocycles. The van der Waals surface area contributed by atoms with Crippen molar-refractivity contribution in [3.63, 3.8) is 0 Å². The molecule has 1 aromatic rings. The van der Waals surface area contributed by atoms with E-state index in [1.165, 1.54) is 5.56 Å². The SMILES string of the molecule is COc1c(Br)cccc1CNC1CCOC1C. The highest BCUT2D eigenvalue weighted by Crippen LogP contribution is 2.28. The number of hydrogen-bond donors (Lipinski definition) is 1. The van der Waals surface area contributed by atoms with Crippen LogP contribution in [0.3, 0.4) is 0 Å². The summed E-state index contributed by atoms with van der Waals surface area (Å²) < 4.78 is 11.9. The van der Waals surface area contributed by atoms with E-state index in [1.54, 1.807) is 7.11 Å². The van der Waals surface area contributed by atoms with Crippen molar-refractivity contribution in [2.24, 2.45) is 0 Å². The molecule has 0 amide bonds. The van der Waals surface area contributed by atoms with Crippen LogP contribution in [0.15, 0.2) is 22.7 Å². The number of hydrogen-bond acceptors (Lipinski definition) is 3. The fourth-order valence-corrected chi connectivity index (χ4v) is 2.73. The first-order valence-electron chi connectivity index (χ1n) is 5.88. The molecule has 1 aliphatic heterocycles. The molecular formula is C13H18BrNO2. The first kappa shape index (κ1) is 12.9. The Morgan fingerprint density at radius 3 is 3.00 bits per heavy atom. The molecule has 2 unspecified atom stereocenters. The lowest BCUT2D eigenvalue weighted by Crippen LogP contribution is -2.34. The largest absolute Gasteiger partial charge is 0.495 e. The van der Waals surface area contributed by atoms with Gasteiger partial charge >= 0.3 is 0 Å². The van der Waals surface area contributed by atoms with Crippen molar-refractivity contribution in [2.75, 3.05) is 13.7 Å². The minimum Gasteiger partial charge on any atom is -0.495 e. The summed E-state index contributed by atoms with van der Waals surface area (Å²) in [4.78, 5) is 0. The van der Waals surface area contributed by atoms with Gasteiger partial charge in [-0.1, -0.05) is 12.1 Å². The van der Waals surface area contributed by atoms with E-state index >= 15 is 0 Å². The molecule has 0 bridgehead atoms. The molecule has 1 aliphatic rings. The Kier molecular flexibility index (Phi) is 4.42. The molecular weight excluding hydrogens is 282 g/mol. The van der Waals surface area contributed by atoms with E-state index in [0.29, 0.717) is 12.1 Å². The zero-order valence-electron chi connectivity index (χ0n) is 10.2. The van der Waals surface area contributed by atoms with Crippen molar-refractivity contribution >= 4 is 15.9 Å². The van der Waals surface area contributed by atoms with Gasteiger partial charge in [0.1, 0.15) is 5.75 Å².